The quantitative estimate of drug-likeness (QED) is 0.904. The van der Waals surface area contributed by atoms with Crippen molar-refractivity contribution in [1.82, 2.24) is 5.32 Å². The zero-order chi connectivity index (χ0) is 14.0. The summed E-state index contributed by atoms with van der Waals surface area (Å²) in [7, 11) is 2.05. The monoisotopic (exact) mass is 324 g/mol. The number of halogens is 1. The molecule has 1 aliphatic heterocycles. The van der Waals surface area contributed by atoms with E-state index in [1.807, 2.05) is 0 Å². The minimum atomic E-state index is 0.236. The van der Waals surface area contributed by atoms with Crippen molar-refractivity contribution in [3.63, 3.8) is 0 Å². The second-order valence-corrected chi connectivity index (χ2v) is 7.17. The van der Waals surface area contributed by atoms with Gasteiger partial charge in [-0.25, -0.2) is 0 Å². The molecule has 1 atom stereocenters. The molecule has 1 fully saturated rings. The Labute approximate surface area is 125 Å². The first kappa shape index (κ1) is 14.9. The van der Waals surface area contributed by atoms with Crippen LogP contribution in [-0.4, -0.2) is 25.7 Å². The highest BCUT2D eigenvalue weighted by Crippen LogP contribution is 2.36. The number of aryl methyl sites for hydroxylation is 1. The van der Waals surface area contributed by atoms with E-state index >= 15 is 0 Å². The van der Waals surface area contributed by atoms with E-state index in [-0.39, 0.29) is 5.54 Å². The minimum absolute atomic E-state index is 0.236. The first-order chi connectivity index (χ1) is 8.94. The van der Waals surface area contributed by atoms with Crippen LogP contribution in [-0.2, 0) is 0 Å². The van der Waals surface area contributed by atoms with Gasteiger partial charge in [-0.15, -0.1) is 0 Å². The average molecular weight is 325 g/mol. The van der Waals surface area contributed by atoms with Crippen LogP contribution in [0.3, 0.4) is 0 Å². The van der Waals surface area contributed by atoms with Crippen LogP contribution in [0.1, 0.15) is 32.3 Å². The summed E-state index contributed by atoms with van der Waals surface area (Å²) in [5.41, 5.74) is 2.90. The van der Waals surface area contributed by atoms with Crippen LogP contribution in [0.4, 0.5) is 5.69 Å². The van der Waals surface area contributed by atoms with Crippen molar-refractivity contribution in [2.75, 3.05) is 25.0 Å². The largest absolute Gasteiger partial charge is 0.366 e. The maximum atomic E-state index is 3.59. The van der Waals surface area contributed by atoms with E-state index in [1.54, 1.807) is 0 Å². The number of benzene rings is 1. The molecule has 1 aromatic carbocycles. The number of nitrogens with zero attached hydrogens (tertiary/aromatic N) is 1. The van der Waals surface area contributed by atoms with Gasteiger partial charge in [0.15, 0.2) is 0 Å². The predicted molar refractivity (Wildman–Crippen MR) is 87.0 cm³/mol. The molecular weight excluding hydrogens is 300 g/mol. The Kier molecular flexibility index (Phi) is 4.57. The lowest BCUT2D eigenvalue weighted by molar-refractivity contribution is 0.270. The van der Waals surface area contributed by atoms with Gasteiger partial charge in [0, 0.05) is 22.2 Å². The number of hydrogen-bond donors (Lipinski definition) is 1. The van der Waals surface area contributed by atoms with Crippen molar-refractivity contribution in [2.24, 2.45) is 5.92 Å². The van der Waals surface area contributed by atoms with E-state index in [2.05, 4.69) is 72.2 Å². The Morgan fingerprint density at radius 3 is 2.74 bits per heavy atom. The van der Waals surface area contributed by atoms with Gasteiger partial charge in [-0.2, -0.15) is 0 Å². The highest BCUT2D eigenvalue weighted by molar-refractivity contribution is 9.10. The molecule has 1 N–H and O–H groups in total. The summed E-state index contributed by atoms with van der Waals surface area (Å²) in [6, 6.07) is 6.70. The fourth-order valence-electron chi connectivity index (χ4n) is 3.27. The maximum Gasteiger partial charge on any atom is 0.0374 e. The van der Waals surface area contributed by atoms with Crippen LogP contribution in [0.25, 0.3) is 0 Å². The van der Waals surface area contributed by atoms with Gasteiger partial charge in [-0.05, 0) is 76.9 Å². The maximum absolute atomic E-state index is 3.59. The Morgan fingerprint density at radius 1 is 1.42 bits per heavy atom. The summed E-state index contributed by atoms with van der Waals surface area (Å²) in [6.07, 6.45) is 2.53. The van der Waals surface area contributed by atoms with Crippen molar-refractivity contribution < 1.29 is 0 Å². The second kappa shape index (κ2) is 5.84. The number of nitrogens with one attached hydrogen (secondary N) is 1. The van der Waals surface area contributed by atoms with Crippen LogP contribution in [0.15, 0.2) is 22.7 Å². The first-order valence-electron chi connectivity index (χ1n) is 7.12. The summed E-state index contributed by atoms with van der Waals surface area (Å²) < 4.78 is 1.19. The Balaban J connectivity index is 2.18. The number of piperidine rings is 1. The normalized spacial score (nSPS) is 22.6. The van der Waals surface area contributed by atoms with Crippen molar-refractivity contribution in [3.8, 4) is 0 Å². The molecule has 3 heteroatoms. The lowest BCUT2D eigenvalue weighted by Crippen LogP contribution is -2.51. The van der Waals surface area contributed by atoms with Gasteiger partial charge in [0.2, 0.25) is 0 Å². The SMILES string of the molecule is CNCC1CCN(c2ccc(Br)c(C)c2)C(C)(C)C1. The van der Waals surface area contributed by atoms with Gasteiger partial charge >= 0.3 is 0 Å². The lowest BCUT2D eigenvalue weighted by atomic mass is 9.82. The van der Waals surface area contributed by atoms with Crippen molar-refractivity contribution in [1.29, 1.82) is 0 Å². The smallest absolute Gasteiger partial charge is 0.0374 e. The van der Waals surface area contributed by atoms with Crippen LogP contribution in [0, 0.1) is 12.8 Å². The molecule has 0 saturated carbocycles. The summed E-state index contributed by atoms with van der Waals surface area (Å²) in [4.78, 5) is 2.57. The van der Waals surface area contributed by atoms with E-state index in [0.717, 1.165) is 19.0 Å². The molecule has 2 rings (SSSR count). The number of hydrogen-bond acceptors (Lipinski definition) is 2. The Morgan fingerprint density at radius 2 is 2.16 bits per heavy atom. The molecule has 1 heterocycles. The molecular formula is C16H25BrN2. The van der Waals surface area contributed by atoms with Gasteiger partial charge in [0.05, 0.1) is 0 Å². The molecule has 1 aromatic rings. The minimum Gasteiger partial charge on any atom is -0.366 e. The zero-order valence-electron chi connectivity index (χ0n) is 12.5. The highest BCUT2D eigenvalue weighted by Gasteiger charge is 2.34. The summed E-state index contributed by atoms with van der Waals surface area (Å²) in [5, 5.41) is 3.32. The fourth-order valence-corrected chi connectivity index (χ4v) is 3.52. The summed E-state index contributed by atoms with van der Waals surface area (Å²) >= 11 is 3.59. The van der Waals surface area contributed by atoms with Crippen molar-refractivity contribution >= 4 is 21.6 Å². The van der Waals surface area contributed by atoms with E-state index in [1.165, 1.54) is 28.6 Å². The van der Waals surface area contributed by atoms with Crippen LogP contribution < -0.4 is 10.2 Å². The molecule has 2 nitrogen and oxygen atoms in total. The van der Waals surface area contributed by atoms with Crippen LogP contribution in [0.2, 0.25) is 0 Å². The average Bonchev–Trinajstić information content (AvgIpc) is 2.32. The van der Waals surface area contributed by atoms with Gasteiger partial charge in [0.25, 0.3) is 0 Å². The third-order valence-corrected chi connectivity index (χ3v) is 5.12. The Bertz CT molecular complexity index is 442. The second-order valence-electron chi connectivity index (χ2n) is 6.31. The molecule has 1 aliphatic rings. The van der Waals surface area contributed by atoms with Gasteiger partial charge in [-0.1, -0.05) is 15.9 Å². The van der Waals surface area contributed by atoms with Crippen molar-refractivity contribution in [3.05, 3.63) is 28.2 Å². The van der Waals surface area contributed by atoms with Crippen molar-refractivity contribution in [2.45, 2.75) is 39.2 Å². The lowest BCUT2D eigenvalue weighted by Gasteiger charge is -2.47. The Hall–Kier alpha value is -0.540. The summed E-state index contributed by atoms with van der Waals surface area (Å²) in [6.45, 7) is 9.18. The van der Waals surface area contributed by atoms with E-state index < -0.39 is 0 Å². The molecule has 0 radical (unpaired) electrons. The summed E-state index contributed by atoms with van der Waals surface area (Å²) in [5.74, 6) is 0.799. The zero-order valence-corrected chi connectivity index (χ0v) is 14.0. The van der Waals surface area contributed by atoms with Gasteiger partial charge in [-0.3, -0.25) is 0 Å². The van der Waals surface area contributed by atoms with Crippen LogP contribution >= 0.6 is 15.9 Å². The van der Waals surface area contributed by atoms with Gasteiger partial charge < -0.3 is 10.2 Å². The molecule has 0 aliphatic carbocycles. The molecule has 19 heavy (non-hydrogen) atoms. The molecule has 106 valence electrons. The molecule has 1 saturated heterocycles. The fraction of sp³-hybridized carbons (Fsp3) is 0.625. The number of rotatable bonds is 3. The van der Waals surface area contributed by atoms with Gasteiger partial charge in [0.1, 0.15) is 0 Å². The molecule has 0 amide bonds. The first-order valence-corrected chi connectivity index (χ1v) is 7.92. The van der Waals surface area contributed by atoms with E-state index in [4.69, 9.17) is 0 Å². The predicted octanol–water partition coefficient (Wildman–Crippen LogP) is 3.97. The third kappa shape index (κ3) is 3.32. The molecule has 1 unspecified atom stereocenters. The van der Waals surface area contributed by atoms with Crippen LogP contribution in [0.5, 0.6) is 0 Å². The molecule has 0 bridgehead atoms. The highest BCUT2D eigenvalue weighted by atomic mass is 79.9. The standard InChI is InChI=1S/C16H25BrN2/c1-12-9-14(5-6-15(12)17)19-8-7-13(11-18-4)10-16(19,2)3/h5-6,9,13,18H,7-8,10-11H2,1-4H3. The third-order valence-electron chi connectivity index (χ3n) is 4.23. The number of anilines is 1. The molecule has 0 spiro atoms. The van der Waals surface area contributed by atoms with E-state index in [9.17, 15) is 0 Å². The topological polar surface area (TPSA) is 15.3 Å². The van der Waals surface area contributed by atoms with E-state index in [0.29, 0.717) is 0 Å². The molecule has 0 aromatic heterocycles.